The molecule has 21 heavy (non-hydrogen) atoms. The van der Waals surface area contributed by atoms with E-state index in [2.05, 4.69) is 0 Å². The van der Waals surface area contributed by atoms with Gasteiger partial charge in [-0.3, -0.25) is 15.0 Å². The van der Waals surface area contributed by atoms with Crippen molar-refractivity contribution in [2.24, 2.45) is 12.9 Å². The minimum atomic E-state index is -0.603. The molecule has 1 aromatic heterocycles. The topological polar surface area (TPSA) is 86.3 Å². The fourth-order valence-corrected chi connectivity index (χ4v) is 2.06. The van der Waals surface area contributed by atoms with Crippen LogP contribution in [0.4, 0.5) is 0 Å². The van der Waals surface area contributed by atoms with Crippen LogP contribution in [0.15, 0.2) is 41.2 Å². The third-order valence-corrected chi connectivity index (χ3v) is 3.14. The fraction of sp³-hybridized carbons (Fsp3) is 0.200. The SMILES string of the molecule is CCOc1ccc(-c2ccc(C(=O)NN)c(=O)n2C)cc1. The summed E-state index contributed by atoms with van der Waals surface area (Å²) in [5.74, 6) is 5.22. The van der Waals surface area contributed by atoms with Crippen LogP contribution in [0.2, 0.25) is 0 Å². The second kappa shape index (κ2) is 6.23. The van der Waals surface area contributed by atoms with E-state index in [1.807, 2.05) is 36.6 Å². The minimum Gasteiger partial charge on any atom is -0.494 e. The van der Waals surface area contributed by atoms with Crippen LogP contribution in [-0.2, 0) is 7.05 Å². The third kappa shape index (κ3) is 2.95. The van der Waals surface area contributed by atoms with Crippen LogP contribution >= 0.6 is 0 Å². The molecule has 0 fully saturated rings. The molecule has 0 aliphatic rings. The van der Waals surface area contributed by atoms with Crippen LogP contribution in [0, 0.1) is 0 Å². The van der Waals surface area contributed by atoms with E-state index in [9.17, 15) is 9.59 Å². The molecule has 2 rings (SSSR count). The Kier molecular flexibility index (Phi) is 4.39. The van der Waals surface area contributed by atoms with Crippen molar-refractivity contribution in [3.8, 4) is 17.0 Å². The average molecular weight is 287 g/mol. The van der Waals surface area contributed by atoms with Crippen molar-refractivity contribution >= 4 is 5.91 Å². The van der Waals surface area contributed by atoms with Crippen molar-refractivity contribution in [2.45, 2.75) is 6.92 Å². The molecular formula is C15H17N3O3. The molecule has 6 nitrogen and oxygen atoms in total. The number of aromatic nitrogens is 1. The van der Waals surface area contributed by atoms with E-state index >= 15 is 0 Å². The first kappa shape index (κ1) is 14.8. The van der Waals surface area contributed by atoms with Gasteiger partial charge in [-0.1, -0.05) is 0 Å². The summed E-state index contributed by atoms with van der Waals surface area (Å²) in [5, 5.41) is 0. The van der Waals surface area contributed by atoms with E-state index in [1.165, 1.54) is 10.6 Å². The second-order valence-electron chi connectivity index (χ2n) is 4.43. The second-order valence-corrected chi connectivity index (χ2v) is 4.43. The first-order chi connectivity index (χ1) is 10.1. The minimum absolute atomic E-state index is 0.00897. The van der Waals surface area contributed by atoms with Crippen molar-refractivity contribution in [1.29, 1.82) is 0 Å². The molecule has 3 N–H and O–H groups in total. The van der Waals surface area contributed by atoms with E-state index in [4.69, 9.17) is 10.6 Å². The van der Waals surface area contributed by atoms with Gasteiger partial charge < -0.3 is 9.30 Å². The maximum atomic E-state index is 12.2. The van der Waals surface area contributed by atoms with Gasteiger partial charge in [-0.2, -0.15) is 0 Å². The number of hydrogen-bond acceptors (Lipinski definition) is 4. The molecule has 0 bridgehead atoms. The summed E-state index contributed by atoms with van der Waals surface area (Å²) in [7, 11) is 1.61. The molecule has 110 valence electrons. The lowest BCUT2D eigenvalue weighted by molar-refractivity contribution is 0.0951. The van der Waals surface area contributed by atoms with Gasteiger partial charge in [0.05, 0.1) is 12.3 Å². The van der Waals surface area contributed by atoms with Gasteiger partial charge in [0.1, 0.15) is 11.3 Å². The molecule has 0 saturated heterocycles. The predicted octanol–water partition coefficient (Wildman–Crippen LogP) is 1.05. The van der Waals surface area contributed by atoms with Gasteiger partial charge in [-0.25, -0.2) is 5.84 Å². The predicted molar refractivity (Wildman–Crippen MR) is 79.9 cm³/mol. The smallest absolute Gasteiger partial charge is 0.270 e. The molecule has 1 heterocycles. The number of rotatable bonds is 4. The van der Waals surface area contributed by atoms with E-state index in [0.717, 1.165) is 11.3 Å². The first-order valence-electron chi connectivity index (χ1n) is 6.52. The Morgan fingerprint density at radius 2 is 1.90 bits per heavy atom. The summed E-state index contributed by atoms with van der Waals surface area (Å²) in [6.07, 6.45) is 0. The Morgan fingerprint density at radius 3 is 2.48 bits per heavy atom. The lowest BCUT2D eigenvalue weighted by atomic mass is 10.1. The molecular weight excluding hydrogens is 270 g/mol. The molecule has 0 atom stereocenters. The number of nitrogens with two attached hydrogens (primary N) is 1. The molecule has 0 aliphatic heterocycles. The van der Waals surface area contributed by atoms with Crippen LogP contribution in [-0.4, -0.2) is 17.1 Å². The van der Waals surface area contributed by atoms with Gasteiger partial charge >= 0.3 is 0 Å². The third-order valence-electron chi connectivity index (χ3n) is 3.14. The van der Waals surface area contributed by atoms with Gasteiger partial charge in [0.15, 0.2) is 0 Å². The number of benzene rings is 1. The number of ether oxygens (including phenoxy) is 1. The van der Waals surface area contributed by atoms with E-state index < -0.39 is 11.5 Å². The largest absolute Gasteiger partial charge is 0.494 e. The van der Waals surface area contributed by atoms with Crippen LogP contribution in [0.3, 0.4) is 0 Å². The number of carbonyl (C=O) groups excluding carboxylic acids is 1. The number of nitrogen functional groups attached to an aromatic ring is 1. The Labute approximate surface area is 122 Å². The zero-order valence-corrected chi connectivity index (χ0v) is 11.9. The molecule has 2 aromatic rings. The maximum absolute atomic E-state index is 12.2. The zero-order valence-electron chi connectivity index (χ0n) is 11.9. The van der Waals surface area contributed by atoms with Crippen molar-refractivity contribution in [1.82, 2.24) is 9.99 Å². The van der Waals surface area contributed by atoms with Crippen LogP contribution in [0.1, 0.15) is 17.3 Å². The Balaban J connectivity index is 2.43. The van der Waals surface area contributed by atoms with Crippen LogP contribution in [0.25, 0.3) is 11.3 Å². The Bertz CT molecular complexity index is 705. The number of carbonyl (C=O) groups is 1. The fourth-order valence-electron chi connectivity index (χ4n) is 2.06. The van der Waals surface area contributed by atoms with Crippen LogP contribution in [0.5, 0.6) is 5.75 Å². The lowest BCUT2D eigenvalue weighted by Crippen LogP contribution is -2.36. The quantitative estimate of drug-likeness (QED) is 0.500. The van der Waals surface area contributed by atoms with E-state index in [-0.39, 0.29) is 5.56 Å². The van der Waals surface area contributed by atoms with Gasteiger partial charge in [-0.05, 0) is 48.9 Å². The molecule has 0 spiro atoms. The molecule has 0 saturated carbocycles. The number of nitrogens with one attached hydrogen (secondary N) is 1. The average Bonchev–Trinajstić information content (AvgIpc) is 2.50. The number of hydrazine groups is 1. The maximum Gasteiger partial charge on any atom is 0.270 e. The number of hydrogen-bond donors (Lipinski definition) is 2. The highest BCUT2D eigenvalue weighted by Gasteiger charge is 2.13. The summed E-state index contributed by atoms with van der Waals surface area (Å²) in [6.45, 7) is 2.51. The molecule has 0 aliphatic carbocycles. The normalized spacial score (nSPS) is 10.2. The van der Waals surface area contributed by atoms with Crippen LogP contribution < -0.4 is 21.6 Å². The molecule has 0 radical (unpaired) electrons. The Morgan fingerprint density at radius 1 is 1.24 bits per heavy atom. The number of nitrogens with zero attached hydrogens (tertiary/aromatic N) is 1. The van der Waals surface area contributed by atoms with Crippen molar-refractivity contribution < 1.29 is 9.53 Å². The highest BCUT2D eigenvalue weighted by Crippen LogP contribution is 2.21. The van der Waals surface area contributed by atoms with Gasteiger partial charge in [0, 0.05) is 7.05 Å². The van der Waals surface area contributed by atoms with Gasteiger partial charge in [0.2, 0.25) is 0 Å². The Hall–Kier alpha value is -2.60. The molecule has 1 aromatic carbocycles. The number of pyridine rings is 1. The van der Waals surface area contributed by atoms with Crippen molar-refractivity contribution in [3.63, 3.8) is 0 Å². The highest BCUT2D eigenvalue weighted by molar-refractivity contribution is 5.93. The van der Waals surface area contributed by atoms with Crippen molar-refractivity contribution in [2.75, 3.05) is 6.61 Å². The highest BCUT2D eigenvalue weighted by atomic mass is 16.5. The summed E-state index contributed by atoms with van der Waals surface area (Å²) < 4.78 is 6.80. The standard InChI is InChI=1S/C15H17N3O3/c1-3-21-11-6-4-10(5-7-11)13-9-8-12(14(19)17-16)15(20)18(13)2/h4-9H,3,16H2,1-2H3,(H,17,19). The summed E-state index contributed by atoms with van der Waals surface area (Å²) in [5.41, 5.74) is 3.14. The summed E-state index contributed by atoms with van der Waals surface area (Å²) >= 11 is 0. The lowest BCUT2D eigenvalue weighted by Gasteiger charge is -2.11. The van der Waals surface area contributed by atoms with E-state index in [0.29, 0.717) is 12.3 Å². The monoisotopic (exact) mass is 287 g/mol. The molecule has 6 heteroatoms. The summed E-state index contributed by atoms with van der Waals surface area (Å²) in [4.78, 5) is 23.6. The zero-order chi connectivity index (χ0) is 15.4. The first-order valence-corrected chi connectivity index (χ1v) is 6.52. The van der Waals surface area contributed by atoms with Crippen molar-refractivity contribution in [3.05, 3.63) is 52.3 Å². The number of amides is 1. The molecule has 1 amide bonds. The van der Waals surface area contributed by atoms with Gasteiger partial charge in [-0.15, -0.1) is 0 Å². The van der Waals surface area contributed by atoms with E-state index in [1.54, 1.807) is 13.1 Å². The molecule has 0 unspecified atom stereocenters. The van der Waals surface area contributed by atoms with Gasteiger partial charge in [0.25, 0.3) is 11.5 Å². The summed E-state index contributed by atoms with van der Waals surface area (Å²) in [6, 6.07) is 10.6.